The standard InChI is InChI=1S/C14H24IN3O/c1-6-7-16-14-12(15)11(8-9(2)3)17-13(18-14)10(4)19-5/h9-10H,6-8H2,1-5H3,(H,16,17,18). The van der Waals surface area contributed by atoms with Gasteiger partial charge in [-0.3, -0.25) is 0 Å². The highest BCUT2D eigenvalue weighted by atomic mass is 127. The van der Waals surface area contributed by atoms with Crippen LogP contribution >= 0.6 is 22.6 Å². The van der Waals surface area contributed by atoms with Gasteiger partial charge in [0.1, 0.15) is 11.9 Å². The Morgan fingerprint density at radius 1 is 1.26 bits per heavy atom. The molecule has 0 radical (unpaired) electrons. The van der Waals surface area contributed by atoms with Gasteiger partial charge in [0, 0.05) is 13.7 Å². The summed E-state index contributed by atoms with van der Waals surface area (Å²) in [6.45, 7) is 9.46. The van der Waals surface area contributed by atoms with Crippen LogP contribution in [-0.4, -0.2) is 23.6 Å². The maximum atomic E-state index is 5.34. The Bertz CT molecular complexity index is 410. The molecule has 0 fully saturated rings. The predicted molar refractivity (Wildman–Crippen MR) is 87.5 cm³/mol. The molecular formula is C14H24IN3O. The maximum Gasteiger partial charge on any atom is 0.159 e. The number of ether oxygens (including phenoxy) is 1. The van der Waals surface area contributed by atoms with Crippen LogP contribution in [-0.2, 0) is 11.2 Å². The van der Waals surface area contributed by atoms with E-state index in [1.807, 2.05) is 6.92 Å². The second kappa shape index (κ2) is 7.99. The van der Waals surface area contributed by atoms with Gasteiger partial charge in [0.15, 0.2) is 5.82 Å². The molecule has 4 nitrogen and oxygen atoms in total. The van der Waals surface area contributed by atoms with Gasteiger partial charge in [0.2, 0.25) is 0 Å². The third kappa shape index (κ3) is 4.87. The van der Waals surface area contributed by atoms with Crippen LogP contribution in [0.1, 0.15) is 51.7 Å². The van der Waals surface area contributed by atoms with Gasteiger partial charge in [-0.1, -0.05) is 20.8 Å². The zero-order chi connectivity index (χ0) is 14.4. The zero-order valence-corrected chi connectivity index (χ0v) is 14.6. The summed E-state index contributed by atoms with van der Waals surface area (Å²) >= 11 is 2.34. The quantitative estimate of drug-likeness (QED) is 0.735. The Morgan fingerprint density at radius 3 is 2.47 bits per heavy atom. The van der Waals surface area contributed by atoms with Crippen molar-refractivity contribution in [2.45, 2.75) is 46.6 Å². The Balaban J connectivity index is 3.13. The van der Waals surface area contributed by atoms with Crippen molar-refractivity contribution in [2.24, 2.45) is 5.92 Å². The molecule has 0 aromatic carbocycles. The normalized spacial score (nSPS) is 12.8. The summed E-state index contributed by atoms with van der Waals surface area (Å²) in [6.07, 6.45) is 1.96. The number of nitrogens with one attached hydrogen (secondary N) is 1. The zero-order valence-electron chi connectivity index (χ0n) is 12.5. The summed E-state index contributed by atoms with van der Waals surface area (Å²) in [5.74, 6) is 2.28. The lowest BCUT2D eigenvalue weighted by atomic mass is 10.1. The molecule has 0 saturated carbocycles. The van der Waals surface area contributed by atoms with Gasteiger partial charge in [-0.25, -0.2) is 9.97 Å². The molecule has 1 rings (SSSR count). The maximum absolute atomic E-state index is 5.34. The van der Waals surface area contributed by atoms with Crippen LogP contribution in [0, 0.1) is 9.49 Å². The van der Waals surface area contributed by atoms with Crippen LogP contribution in [0.15, 0.2) is 0 Å². The number of halogens is 1. The number of nitrogens with zero attached hydrogens (tertiary/aromatic N) is 2. The summed E-state index contributed by atoms with van der Waals surface area (Å²) in [5, 5.41) is 3.38. The summed E-state index contributed by atoms with van der Waals surface area (Å²) in [7, 11) is 1.69. The lowest BCUT2D eigenvalue weighted by Crippen LogP contribution is -2.14. The van der Waals surface area contributed by atoms with Crippen molar-refractivity contribution in [1.29, 1.82) is 0 Å². The van der Waals surface area contributed by atoms with E-state index in [9.17, 15) is 0 Å². The van der Waals surface area contributed by atoms with Crippen molar-refractivity contribution in [1.82, 2.24) is 9.97 Å². The molecule has 1 N–H and O–H groups in total. The van der Waals surface area contributed by atoms with Crippen LogP contribution in [0.25, 0.3) is 0 Å². The third-order valence-electron chi connectivity index (χ3n) is 2.80. The topological polar surface area (TPSA) is 47.0 Å². The first-order valence-corrected chi connectivity index (χ1v) is 7.90. The van der Waals surface area contributed by atoms with E-state index in [2.05, 4.69) is 58.6 Å². The summed E-state index contributed by atoms with van der Waals surface area (Å²) in [6, 6.07) is 0. The van der Waals surface area contributed by atoms with Gasteiger partial charge in [0.05, 0.1) is 9.26 Å². The highest BCUT2D eigenvalue weighted by Crippen LogP contribution is 2.24. The second-order valence-corrected chi connectivity index (χ2v) is 6.17. The molecule has 1 unspecified atom stereocenters. The minimum absolute atomic E-state index is 0.0786. The van der Waals surface area contributed by atoms with E-state index in [-0.39, 0.29) is 6.10 Å². The van der Waals surface area contributed by atoms with Gasteiger partial charge in [-0.2, -0.15) is 0 Å². The first-order valence-electron chi connectivity index (χ1n) is 6.82. The van der Waals surface area contributed by atoms with Gasteiger partial charge >= 0.3 is 0 Å². The average Bonchev–Trinajstić information content (AvgIpc) is 2.38. The summed E-state index contributed by atoms with van der Waals surface area (Å²) in [5.41, 5.74) is 1.11. The van der Waals surface area contributed by atoms with E-state index in [0.717, 1.165) is 40.3 Å². The van der Waals surface area contributed by atoms with Crippen molar-refractivity contribution < 1.29 is 4.74 Å². The molecule has 0 spiro atoms. The van der Waals surface area contributed by atoms with E-state index >= 15 is 0 Å². The van der Waals surface area contributed by atoms with Crippen molar-refractivity contribution in [2.75, 3.05) is 19.0 Å². The molecule has 5 heteroatoms. The van der Waals surface area contributed by atoms with Crippen LogP contribution in [0.5, 0.6) is 0 Å². The van der Waals surface area contributed by atoms with Crippen molar-refractivity contribution in [3.63, 3.8) is 0 Å². The molecule has 0 bridgehead atoms. The smallest absolute Gasteiger partial charge is 0.159 e. The Morgan fingerprint density at radius 2 is 1.95 bits per heavy atom. The lowest BCUT2D eigenvalue weighted by Gasteiger charge is -2.16. The molecule has 1 heterocycles. The minimum atomic E-state index is -0.0786. The molecule has 1 aromatic heterocycles. The number of hydrogen-bond acceptors (Lipinski definition) is 4. The largest absolute Gasteiger partial charge is 0.374 e. The first kappa shape index (κ1) is 16.6. The monoisotopic (exact) mass is 377 g/mol. The molecule has 0 amide bonds. The fraction of sp³-hybridized carbons (Fsp3) is 0.714. The molecular weight excluding hydrogens is 353 g/mol. The van der Waals surface area contributed by atoms with Gasteiger partial charge < -0.3 is 10.1 Å². The van der Waals surface area contributed by atoms with Gasteiger partial charge in [-0.15, -0.1) is 0 Å². The third-order valence-corrected chi connectivity index (χ3v) is 3.93. The van der Waals surface area contributed by atoms with Crippen LogP contribution in [0.3, 0.4) is 0 Å². The fourth-order valence-electron chi connectivity index (χ4n) is 1.68. The van der Waals surface area contributed by atoms with E-state index in [4.69, 9.17) is 4.74 Å². The molecule has 19 heavy (non-hydrogen) atoms. The molecule has 0 aliphatic heterocycles. The molecule has 1 aromatic rings. The summed E-state index contributed by atoms with van der Waals surface area (Å²) in [4.78, 5) is 9.26. The number of rotatable bonds is 7. The summed E-state index contributed by atoms with van der Waals surface area (Å²) < 4.78 is 6.47. The van der Waals surface area contributed by atoms with Crippen LogP contribution in [0.4, 0.5) is 5.82 Å². The number of hydrogen-bond donors (Lipinski definition) is 1. The molecule has 108 valence electrons. The average molecular weight is 377 g/mol. The number of methoxy groups -OCH3 is 1. The predicted octanol–water partition coefficient (Wildman–Crippen LogP) is 3.81. The highest BCUT2D eigenvalue weighted by Gasteiger charge is 2.16. The first-order chi connectivity index (χ1) is 8.99. The Kier molecular flexibility index (Phi) is 6.99. The fourth-order valence-corrected chi connectivity index (χ4v) is 2.33. The van der Waals surface area contributed by atoms with E-state index in [1.54, 1.807) is 7.11 Å². The molecule has 0 aliphatic carbocycles. The van der Waals surface area contributed by atoms with Crippen molar-refractivity contribution in [3.8, 4) is 0 Å². The van der Waals surface area contributed by atoms with E-state index in [0.29, 0.717) is 5.92 Å². The highest BCUT2D eigenvalue weighted by molar-refractivity contribution is 14.1. The van der Waals surface area contributed by atoms with E-state index in [1.165, 1.54) is 0 Å². The SMILES string of the molecule is CCCNc1nc(C(C)OC)nc(CC(C)C)c1I. The molecule has 1 atom stereocenters. The van der Waals surface area contributed by atoms with Crippen LogP contribution in [0.2, 0.25) is 0 Å². The molecule has 0 aliphatic rings. The minimum Gasteiger partial charge on any atom is -0.374 e. The van der Waals surface area contributed by atoms with Gasteiger partial charge in [0.25, 0.3) is 0 Å². The Labute approximate surface area is 129 Å². The van der Waals surface area contributed by atoms with E-state index < -0.39 is 0 Å². The number of aromatic nitrogens is 2. The molecule has 0 saturated heterocycles. The number of anilines is 1. The Hall–Kier alpha value is -0.430. The van der Waals surface area contributed by atoms with Gasteiger partial charge in [-0.05, 0) is 48.3 Å². The van der Waals surface area contributed by atoms with Crippen molar-refractivity contribution >= 4 is 28.4 Å². The van der Waals surface area contributed by atoms with Crippen LogP contribution < -0.4 is 5.32 Å². The van der Waals surface area contributed by atoms with Crippen molar-refractivity contribution in [3.05, 3.63) is 15.1 Å². The second-order valence-electron chi connectivity index (χ2n) is 5.09. The lowest BCUT2D eigenvalue weighted by molar-refractivity contribution is 0.112.